The summed E-state index contributed by atoms with van der Waals surface area (Å²) in [6.45, 7) is 2.80. The summed E-state index contributed by atoms with van der Waals surface area (Å²) in [6.07, 6.45) is 1.87. The van der Waals surface area contributed by atoms with Crippen LogP contribution in [0.3, 0.4) is 0 Å². The van der Waals surface area contributed by atoms with E-state index in [0.717, 1.165) is 18.4 Å². The van der Waals surface area contributed by atoms with E-state index in [2.05, 4.69) is 5.32 Å². The number of ether oxygens (including phenoxy) is 1. The normalized spacial score (nSPS) is 29.9. The second-order valence-electron chi connectivity index (χ2n) is 5.47. The fraction of sp³-hybridized carbons (Fsp3) is 0.467. The Morgan fingerprint density at radius 3 is 2.75 bits per heavy atom. The second-order valence-corrected chi connectivity index (χ2v) is 5.47. The second kappa shape index (κ2) is 4.90. The van der Waals surface area contributed by atoms with Crippen LogP contribution in [0.25, 0.3) is 0 Å². The van der Waals surface area contributed by atoms with E-state index in [4.69, 9.17) is 4.74 Å². The maximum absolute atomic E-state index is 12.6. The van der Waals surface area contributed by atoms with Gasteiger partial charge in [0.25, 0.3) is 5.91 Å². The van der Waals surface area contributed by atoms with Crippen LogP contribution >= 0.6 is 0 Å². The van der Waals surface area contributed by atoms with Gasteiger partial charge < -0.3 is 10.1 Å². The predicted octanol–water partition coefficient (Wildman–Crippen LogP) is 1.63. The molecule has 0 aromatic heterocycles. The first-order valence-corrected chi connectivity index (χ1v) is 6.92. The molecule has 2 heterocycles. The number of urea groups is 1. The summed E-state index contributed by atoms with van der Waals surface area (Å²) in [4.78, 5) is 26.0. The SMILES string of the molecule is C[C@@]1(c2ccccc2)NC(=O)N(C[C@H]2CCCO2)C1=O. The number of hydrogen-bond donors (Lipinski definition) is 1. The average Bonchev–Trinajstić information content (AvgIpc) is 3.04. The van der Waals surface area contributed by atoms with E-state index in [0.29, 0.717) is 13.2 Å². The number of carbonyl (C=O) groups is 2. The third-order valence-corrected chi connectivity index (χ3v) is 4.04. The van der Waals surface area contributed by atoms with Crippen LogP contribution in [0.1, 0.15) is 25.3 Å². The number of carbonyl (C=O) groups excluding carboxylic acids is 2. The van der Waals surface area contributed by atoms with Gasteiger partial charge in [-0.3, -0.25) is 9.69 Å². The molecule has 2 saturated heterocycles. The van der Waals surface area contributed by atoms with Gasteiger partial charge in [-0.15, -0.1) is 0 Å². The Hall–Kier alpha value is -1.88. The van der Waals surface area contributed by atoms with E-state index in [1.807, 2.05) is 30.3 Å². The molecule has 0 unspecified atom stereocenters. The lowest BCUT2D eigenvalue weighted by Gasteiger charge is -2.23. The van der Waals surface area contributed by atoms with E-state index in [9.17, 15) is 9.59 Å². The van der Waals surface area contributed by atoms with Gasteiger partial charge in [0.1, 0.15) is 5.54 Å². The Morgan fingerprint density at radius 2 is 2.10 bits per heavy atom. The molecule has 0 saturated carbocycles. The summed E-state index contributed by atoms with van der Waals surface area (Å²) in [5.41, 5.74) is -0.176. The molecule has 0 bridgehead atoms. The third kappa shape index (κ3) is 2.08. The molecule has 2 atom stereocenters. The van der Waals surface area contributed by atoms with Crippen molar-refractivity contribution in [3.63, 3.8) is 0 Å². The zero-order valence-corrected chi connectivity index (χ0v) is 11.5. The number of nitrogens with one attached hydrogen (secondary N) is 1. The first-order chi connectivity index (χ1) is 9.61. The van der Waals surface area contributed by atoms with Crippen molar-refractivity contribution in [1.29, 1.82) is 0 Å². The largest absolute Gasteiger partial charge is 0.376 e. The van der Waals surface area contributed by atoms with Gasteiger partial charge in [-0.1, -0.05) is 30.3 Å². The Kier molecular flexibility index (Phi) is 3.22. The maximum atomic E-state index is 12.6. The molecule has 3 amide bonds. The molecule has 0 spiro atoms. The molecule has 5 heteroatoms. The highest BCUT2D eigenvalue weighted by Gasteiger charge is 2.49. The molecular weight excluding hydrogens is 256 g/mol. The van der Waals surface area contributed by atoms with Crippen LogP contribution in [0.5, 0.6) is 0 Å². The van der Waals surface area contributed by atoms with Crippen LogP contribution in [0, 0.1) is 0 Å². The molecule has 2 aliphatic rings. The van der Waals surface area contributed by atoms with Crippen LogP contribution in [0.4, 0.5) is 4.79 Å². The van der Waals surface area contributed by atoms with Crippen LogP contribution < -0.4 is 5.32 Å². The molecular formula is C15H18N2O3. The number of amides is 3. The number of benzene rings is 1. The van der Waals surface area contributed by atoms with Gasteiger partial charge >= 0.3 is 6.03 Å². The molecule has 0 radical (unpaired) electrons. The van der Waals surface area contributed by atoms with Gasteiger partial charge in [0.2, 0.25) is 0 Å². The van der Waals surface area contributed by atoms with E-state index in [1.165, 1.54) is 4.90 Å². The summed E-state index contributed by atoms with van der Waals surface area (Å²) < 4.78 is 5.51. The van der Waals surface area contributed by atoms with Crippen molar-refractivity contribution in [1.82, 2.24) is 10.2 Å². The van der Waals surface area contributed by atoms with Crippen molar-refractivity contribution in [2.45, 2.75) is 31.4 Å². The maximum Gasteiger partial charge on any atom is 0.325 e. The van der Waals surface area contributed by atoms with Crippen molar-refractivity contribution in [2.24, 2.45) is 0 Å². The predicted molar refractivity (Wildman–Crippen MR) is 73.0 cm³/mol. The molecule has 2 aliphatic heterocycles. The summed E-state index contributed by atoms with van der Waals surface area (Å²) in [5.74, 6) is -0.204. The molecule has 1 aromatic rings. The molecule has 1 N–H and O–H groups in total. The Balaban J connectivity index is 1.82. The zero-order chi connectivity index (χ0) is 14.2. The fourth-order valence-electron chi connectivity index (χ4n) is 2.82. The van der Waals surface area contributed by atoms with Crippen LogP contribution in [0.2, 0.25) is 0 Å². The lowest BCUT2D eigenvalue weighted by molar-refractivity contribution is -0.132. The van der Waals surface area contributed by atoms with Gasteiger partial charge in [0.05, 0.1) is 12.6 Å². The highest BCUT2D eigenvalue weighted by Crippen LogP contribution is 2.29. The average molecular weight is 274 g/mol. The monoisotopic (exact) mass is 274 g/mol. The molecule has 5 nitrogen and oxygen atoms in total. The summed E-state index contributed by atoms with van der Waals surface area (Å²) >= 11 is 0. The van der Waals surface area contributed by atoms with Gasteiger partial charge in [-0.25, -0.2) is 4.79 Å². The van der Waals surface area contributed by atoms with Gasteiger partial charge in [0.15, 0.2) is 0 Å². The Labute approximate surface area is 117 Å². The van der Waals surface area contributed by atoms with Gasteiger partial charge in [-0.05, 0) is 25.3 Å². The van der Waals surface area contributed by atoms with E-state index >= 15 is 0 Å². The number of hydrogen-bond acceptors (Lipinski definition) is 3. The molecule has 0 aliphatic carbocycles. The van der Waals surface area contributed by atoms with E-state index in [1.54, 1.807) is 6.92 Å². The molecule has 2 fully saturated rings. The first kappa shape index (κ1) is 13.1. The lowest BCUT2D eigenvalue weighted by Crippen LogP contribution is -2.41. The highest BCUT2D eigenvalue weighted by molar-refractivity contribution is 6.07. The van der Waals surface area contributed by atoms with Crippen molar-refractivity contribution >= 4 is 11.9 Å². The molecule has 106 valence electrons. The Bertz CT molecular complexity index is 525. The number of imide groups is 1. The quantitative estimate of drug-likeness (QED) is 0.852. The molecule has 20 heavy (non-hydrogen) atoms. The minimum atomic E-state index is -0.975. The minimum absolute atomic E-state index is 0.0252. The number of nitrogens with zero attached hydrogens (tertiary/aromatic N) is 1. The highest BCUT2D eigenvalue weighted by atomic mass is 16.5. The van der Waals surface area contributed by atoms with Crippen LogP contribution in [-0.4, -0.2) is 36.1 Å². The van der Waals surface area contributed by atoms with Gasteiger partial charge in [-0.2, -0.15) is 0 Å². The summed E-state index contributed by atoms with van der Waals surface area (Å²) in [5, 5.41) is 2.80. The van der Waals surface area contributed by atoms with E-state index < -0.39 is 5.54 Å². The van der Waals surface area contributed by atoms with Crippen molar-refractivity contribution in [3.05, 3.63) is 35.9 Å². The summed E-state index contributed by atoms with van der Waals surface area (Å²) in [6, 6.07) is 8.99. The van der Waals surface area contributed by atoms with Crippen LogP contribution in [0.15, 0.2) is 30.3 Å². The van der Waals surface area contributed by atoms with Crippen molar-refractivity contribution < 1.29 is 14.3 Å². The van der Waals surface area contributed by atoms with Gasteiger partial charge in [0, 0.05) is 6.61 Å². The molecule has 3 rings (SSSR count). The number of rotatable bonds is 3. The standard InChI is InChI=1S/C15H18N2O3/c1-15(11-6-3-2-4-7-11)13(18)17(14(19)16-15)10-12-8-5-9-20-12/h2-4,6-7,12H,5,8-10H2,1H3,(H,16,19)/t12-,15+/m1/s1. The first-order valence-electron chi connectivity index (χ1n) is 6.92. The van der Waals surface area contributed by atoms with Crippen LogP contribution in [-0.2, 0) is 15.1 Å². The third-order valence-electron chi connectivity index (χ3n) is 4.04. The lowest BCUT2D eigenvalue weighted by atomic mass is 9.92. The summed E-state index contributed by atoms with van der Waals surface area (Å²) in [7, 11) is 0. The topological polar surface area (TPSA) is 58.6 Å². The smallest absolute Gasteiger partial charge is 0.325 e. The van der Waals surface area contributed by atoms with Crippen molar-refractivity contribution in [3.8, 4) is 0 Å². The molecule has 1 aromatic carbocycles. The van der Waals surface area contributed by atoms with E-state index in [-0.39, 0.29) is 18.0 Å². The van der Waals surface area contributed by atoms with Crippen molar-refractivity contribution in [2.75, 3.05) is 13.2 Å². The minimum Gasteiger partial charge on any atom is -0.376 e. The Morgan fingerprint density at radius 1 is 1.35 bits per heavy atom. The zero-order valence-electron chi connectivity index (χ0n) is 11.5. The fourth-order valence-corrected chi connectivity index (χ4v) is 2.82.